The predicted molar refractivity (Wildman–Crippen MR) is 107 cm³/mol. The number of benzene rings is 3. The predicted octanol–water partition coefficient (Wildman–Crippen LogP) is 5.15. The number of para-hydroxylation sites is 1. The third kappa shape index (κ3) is 3.08. The van der Waals surface area contributed by atoms with Gasteiger partial charge in [-0.1, -0.05) is 78.9 Å². The first-order valence-electron chi connectivity index (χ1n) is 8.86. The number of esters is 1. The molecule has 4 rings (SSSR count). The minimum Gasteiger partial charge on any atom is -0.423 e. The molecule has 3 nitrogen and oxygen atoms in total. The molecule has 0 aliphatic heterocycles. The first-order valence-corrected chi connectivity index (χ1v) is 8.86. The second-order valence-electron chi connectivity index (χ2n) is 6.58. The van der Waals surface area contributed by atoms with Crippen molar-refractivity contribution in [1.29, 1.82) is 0 Å². The average Bonchev–Trinajstić information content (AvgIpc) is 2.74. The van der Waals surface area contributed by atoms with Crippen molar-refractivity contribution in [1.82, 2.24) is 4.98 Å². The maximum atomic E-state index is 13.4. The van der Waals surface area contributed by atoms with Crippen LogP contribution < -0.4 is 4.74 Å². The number of hydrogen-bond acceptors (Lipinski definition) is 3. The Morgan fingerprint density at radius 2 is 1.37 bits per heavy atom. The van der Waals surface area contributed by atoms with Crippen LogP contribution in [-0.2, 0) is 10.2 Å². The zero-order chi connectivity index (χ0) is 18.7. The van der Waals surface area contributed by atoms with Crippen LogP contribution in [0.3, 0.4) is 0 Å². The number of nitrogens with zero attached hydrogens (tertiary/aromatic N) is 1. The summed E-state index contributed by atoms with van der Waals surface area (Å²) >= 11 is 0. The van der Waals surface area contributed by atoms with Gasteiger partial charge in [0.25, 0.3) is 0 Å². The quantitative estimate of drug-likeness (QED) is 0.376. The van der Waals surface area contributed by atoms with E-state index < -0.39 is 5.41 Å². The van der Waals surface area contributed by atoms with E-state index in [4.69, 9.17) is 4.74 Å². The molecule has 27 heavy (non-hydrogen) atoms. The fourth-order valence-corrected chi connectivity index (χ4v) is 3.31. The normalized spacial score (nSPS) is 11.3. The van der Waals surface area contributed by atoms with E-state index in [0.29, 0.717) is 11.3 Å². The van der Waals surface area contributed by atoms with Crippen molar-refractivity contribution in [3.8, 4) is 5.75 Å². The van der Waals surface area contributed by atoms with Crippen molar-refractivity contribution in [2.45, 2.75) is 12.3 Å². The van der Waals surface area contributed by atoms with Gasteiger partial charge in [0, 0.05) is 11.6 Å². The van der Waals surface area contributed by atoms with Crippen molar-refractivity contribution < 1.29 is 9.53 Å². The SMILES string of the molecule is CC(C(=O)Oc1cccc2cccnc12)(c1ccccc1)c1ccccc1. The molecule has 0 aliphatic rings. The molecule has 0 radical (unpaired) electrons. The molecule has 132 valence electrons. The summed E-state index contributed by atoms with van der Waals surface area (Å²) in [6.07, 6.45) is 1.70. The van der Waals surface area contributed by atoms with E-state index in [1.165, 1.54) is 0 Å². The van der Waals surface area contributed by atoms with Crippen LogP contribution >= 0.6 is 0 Å². The lowest BCUT2D eigenvalue weighted by Crippen LogP contribution is -2.37. The van der Waals surface area contributed by atoms with E-state index in [-0.39, 0.29) is 5.97 Å². The number of fused-ring (bicyclic) bond motifs is 1. The summed E-state index contributed by atoms with van der Waals surface area (Å²) < 4.78 is 5.90. The Morgan fingerprint density at radius 1 is 0.778 bits per heavy atom. The number of hydrogen-bond donors (Lipinski definition) is 0. The van der Waals surface area contributed by atoms with Gasteiger partial charge in [-0.2, -0.15) is 0 Å². The van der Waals surface area contributed by atoms with Gasteiger partial charge in [0.1, 0.15) is 10.9 Å². The Morgan fingerprint density at radius 3 is 2.00 bits per heavy atom. The zero-order valence-corrected chi connectivity index (χ0v) is 15.0. The lowest BCUT2D eigenvalue weighted by atomic mass is 9.76. The molecule has 0 N–H and O–H groups in total. The van der Waals surface area contributed by atoms with Crippen LogP contribution in [0.1, 0.15) is 18.1 Å². The fraction of sp³-hybridized carbons (Fsp3) is 0.0833. The minimum absolute atomic E-state index is 0.335. The molecule has 1 heterocycles. The standard InChI is InChI=1S/C24H19NO2/c1-24(19-12-4-2-5-13-19,20-14-6-3-7-15-20)23(26)27-21-16-8-10-18-11-9-17-25-22(18)21/h2-17H,1H3. The van der Waals surface area contributed by atoms with E-state index in [9.17, 15) is 4.79 Å². The number of rotatable bonds is 4. The summed E-state index contributed by atoms with van der Waals surface area (Å²) in [6, 6.07) is 28.9. The molecule has 3 aromatic carbocycles. The van der Waals surface area contributed by atoms with Gasteiger partial charge >= 0.3 is 5.97 Å². The highest BCUT2D eigenvalue weighted by Crippen LogP contribution is 2.35. The van der Waals surface area contributed by atoms with Crippen LogP contribution in [0.2, 0.25) is 0 Å². The van der Waals surface area contributed by atoms with E-state index in [0.717, 1.165) is 16.5 Å². The number of carbonyl (C=O) groups is 1. The summed E-state index contributed by atoms with van der Waals surface area (Å²) in [4.78, 5) is 17.8. The van der Waals surface area contributed by atoms with Gasteiger partial charge < -0.3 is 4.74 Å². The topological polar surface area (TPSA) is 39.2 Å². The Labute approximate surface area is 158 Å². The Hall–Kier alpha value is -3.46. The number of carbonyl (C=O) groups excluding carboxylic acids is 1. The van der Waals surface area contributed by atoms with Crippen LogP contribution in [0.4, 0.5) is 0 Å². The molecule has 0 saturated carbocycles. The smallest absolute Gasteiger partial charge is 0.326 e. The summed E-state index contributed by atoms with van der Waals surface area (Å²) in [5.74, 6) is 0.134. The lowest BCUT2D eigenvalue weighted by Gasteiger charge is -2.28. The van der Waals surface area contributed by atoms with Gasteiger partial charge in [-0.15, -0.1) is 0 Å². The van der Waals surface area contributed by atoms with Crippen molar-refractivity contribution in [2.75, 3.05) is 0 Å². The van der Waals surface area contributed by atoms with Crippen LogP contribution in [0.5, 0.6) is 5.75 Å². The number of aromatic nitrogens is 1. The summed E-state index contributed by atoms with van der Waals surface area (Å²) in [5, 5.41) is 0.934. The van der Waals surface area contributed by atoms with E-state index in [2.05, 4.69) is 4.98 Å². The first kappa shape index (κ1) is 17.0. The van der Waals surface area contributed by atoms with Crippen LogP contribution in [0, 0.1) is 0 Å². The highest BCUT2D eigenvalue weighted by atomic mass is 16.5. The minimum atomic E-state index is -0.931. The van der Waals surface area contributed by atoms with E-state index >= 15 is 0 Å². The monoisotopic (exact) mass is 353 g/mol. The van der Waals surface area contributed by atoms with Gasteiger partial charge in [0.15, 0.2) is 5.75 Å². The molecular weight excluding hydrogens is 334 g/mol. The summed E-state index contributed by atoms with van der Waals surface area (Å²) in [6.45, 7) is 1.90. The molecule has 0 unspecified atom stereocenters. The average molecular weight is 353 g/mol. The van der Waals surface area contributed by atoms with Crippen molar-refractivity contribution in [3.05, 3.63) is 108 Å². The van der Waals surface area contributed by atoms with Gasteiger partial charge in [-0.25, -0.2) is 0 Å². The summed E-state index contributed by atoms with van der Waals surface area (Å²) in [7, 11) is 0. The van der Waals surface area contributed by atoms with Crippen LogP contribution in [0.15, 0.2) is 97.2 Å². The molecule has 0 bridgehead atoms. The highest BCUT2D eigenvalue weighted by Gasteiger charge is 2.39. The maximum absolute atomic E-state index is 13.4. The first-order chi connectivity index (χ1) is 13.2. The molecule has 0 saturated heterocycles. The molecule has 0 spiro atoms. The molecular formula is C24H19NO2. The summed E-state index contributed by atoms with van der Waals surface area (Å²) in [5.41, 5.74) is 1.51. The molecule has 1 aromatic heterocycles. The van der Waals surface area contributed by atoms with Crippen molar-refractivity contribution in [3.63, 3.8) is 0 Å². The lowest BCUT2D eigenvalue weighted by molar-refractivity contribution is -0.138. The molecule has 3 heteroatoms. The highest BCUT2D eigenvalue weighted by molar-refractivity contribution is 5.92. The Bertz CT molecular complexity index is 1030. The Balaban J connectivity index is 1.80. The third-order valence-corrected chi connectivity index (χ3v) is 4.91. The second kappa shape index (κ2) is 7.04. The molecule has 0 fully saturated rings. The second-order valence-corrected chi connectivity index (χ2v) is 6.58. The largest absolute Gasteiger partial charge is 0.423 e. The molecule has 4 aromatic rings. The zero-order valence-electron chi connectivity index (χ0n) is 15.0. The third-order valence-electron chi connectivity index (χ3n) is 4.91. The molecule has 0 amide bonds. The Kier molecular flexibility index (Phi) is 4.43. The van der Waals surface area contributed by atoms with E-state index in [1.54, 1.807) is 12.3 Å². The molecule has 0 aliphatic carbocycles. The number of ether oxygens (including phenoxy) is 1. The van der Waals surface area contributed by atoms with Gasteiger partial charge in [0.2, 0.25) is 0 Å². The van der Waals surface area contributed by atoms with Crippen molar-refractivity contribution in [2.24, 2.45) is 0 Å². The van der Waals surface area contributed by atoms with Gasteiger partial charge in [-0.05, 0) is 30.2 Å². The van der Waals surface area contributed by atoms with Crippen molar-refractivity contribution >= 4 is 16.9 Å². The maximum Gasteiger partial charge on any atom is 0.326 e. The van der Waals surface area contributed by atoms with Crippen LogP contribution in [0.25, 0.3) is 10.9 Å². The van der Waals surface area contributed by atoms with Crippen LogP contribution in [-0.4, -0.2) is 11.0 Å². The van der Waals surface area contributed by atoms with Gasteiger partial charge in [-0.3, -0.25) is 9.78 Å². The van der Waals surface area contributed by atoms with Gasteiger partial charge in [0.05, 0.1) is 0 Å². The molecule has 0 atom stereocenters. The fourth-order valence-electron chi connectivity index (χ4n) is 3.31. The number of pyridine rings is 1. The van der Waals surface area contributed by atoms with E-state index in [1.807, 2.05) is 91.9 Å².